The van der Waals surface area contributed by atoms with Gasteiger partial charge in [-0.05, 0) is 25.5 Å². The minimum absolute atomic E-state index is 0.431. The zero-order valence-electron chi connectivity index (χ0n) is 5.31. The highest BCUT2D eigenvalue weighted by molar-refractivity contribution is 8.00. The molecule has 0 unspecified atom stereocenters. The van der Waals surface area contributed by atoms with Gasteiger partial charge in [-0.15, -0.1) is 0 Å². The van der Waals surface area contributed by atoms with Crippen LogP contribution in [-0.2, 0) is 0 Å². The summed E-state index contributed by atoms with van der Waals surface area (Å²) in [4.78, 5) is 0. The molecule has 0 bridgehead atoms. The highest BCUT2D eigenvalue weighted by atomic mass is 32.2. The monoisotopic (exact) mass is 131 g/mol. The van der Waals surface area contributed by atoms with Crippen molar-refractivity contribution >= 4 is 11.8 Å². The van der Waals surface area contributed by atoms with Crippen molar-refractivity contribution in [2.75, 3.05) is 12.3 Å². The van der Waals surface area contributed by atoms with Crippen LogP contribution in [0.25, 0.3) is 0 Å². The number of rotatable bonds is 1. The molecule has 1 aliphatic rings. The minimum atomic E-state index is 0.431. The van der Waals surface area contributed by atoms with E-state index >= 15 is 0 Å². The molecule has 1 rings (SSSR count). The van der Waals surface area contributed by atoms with E-state index in [-0.39, 0.29) is 0 Å². The van der Waals surface area contributed by atoms with Crippen LogP contribution in [0.5, 0.6) is 0 Å². The first-order valence-electron chi connectivity index (χ1n) is 3.11. The molecule has 0 saturated carbocycles. The maximum Gasteiger partial charge on any atom is 0.0254 e. The van der Waals surface area contributed by atoms with Crippen molar-refractivity contribution in [3.63, 3.8) is 0 Å². The molecular weight excluding hydrogens is 118 g/mol. The van der Waals surface area contributed by atoms with Gasteiger partial charge >= 0.3 is 0 Å². The molecule has 1 aliphatic heterocycles. The molecule has 8 heavy (non-hydrogen) atoms. The van der Waals surface area contributed by atoms with Gasteiger partial charge in [0.2, 0.25) is 0 Å². The SMILES string of the molecule is C[C@]1(CN)CCCS1. The Morgan fingerprint density at radius 3 is 2.75 bits per heavy atom. The fourth-order valence-electron chi connectivity index (χ4n) is 0.998. The van der Waals surface area contributed by atoms with Gasteiger partial charge in [0.15, 0.2) is 0 Å². The largest absolute Gasteiger partial charge is 0.329 e. The van der Waals surface area contributed by atoms with E-state index in [1.807, 2.05) is 11.8 Å². The van der Waals surface area contributed by atoms with Gasteiger partial charge in [-0.1, -0.05) is 0 Å². The molecule has 0 aromatic heterocycles. The van der Waals surface area contributed by atoms with Crippen LogP contribution in [0.15, 0.2) is 0 Å². The van der Waals surface area contributed by atoms with E-state index in [4.69, 9.17) is 5.73 Å². The predicted octanol–water partition coefficient (Wildman–Crippen LogP) is 1.23. The van der Waals surface area contributed by atoms with Crippen LogP contribution in [0, 0.1) is 0 Å². The Bertz CT molecular complexity index is 76.6. The molecule has 1 fully saturated rings. The van der Waals surface area contributed by atoms with Crippen molar-refractivity contribution in [3.05, 3.63) is 0 Å². The van der Waals surface area contributed by atoms with Gasteiger partial charge in [-0.2, -0.15) is 11.8 Å². The quantitative estimate of drug-likeness (QED) is 0.579. The molecule has 0 aromatic carbocycles. The van der Waals surface area contributed by atoms with Crippen LogP contribution in [0.1, 0.15) is 19.8 Å². The summed E-state index contributed by atoms with van der Waals surface area (Å²) in [5, 5.41) is 0. The molecule has 0 aliphatic carbocycles. The topological polar surface area (TPSA) is 26.0 Å². The second-order valence-corrected chi connectivity index (χ2v) is 4.29. The van der Waals surface area contributed by atoms with Crippen LogP contribution < -0.4 is 5.73 Å². The van der Waals surface area contributed by atoms with Crippen LogP contribution in [-0.4, -0.2) is 17.0 Å². The first kappa shape index (κ1) is 6.43. The number of thioether (sulfide) groups is 1. The Kier molecular flexibility index (Phi) is 1.83. The highest BCUT2D eigenvalue weighted by Crippen LogP contribution is 2.36. The summed E-state index contributed by atoms with van der Waals surface area (Å²) in [5.41, 5.74) is 5.55. The lowest BCUT2D eigenvalue weighted by Gasteiger charge is -2.18. The molecule has 1 atom stereocenters. The number of hydrogen-bond donors (Lipinski definition) is 1. The highest BCUT2D eigenvalue weighted by Gasteiger charge is 2.26. The first-order chi connectivity index (χ1) is 3.77. The average Bonchev–Trinajstić information content (AvgIpc) is 2.17. The van der Waals surface area contributed by atoms with Crippen molar-refractivity contribution in [2.24, 2.45) is 5.73 Å². The summed E-state index contributed by atoms with van der Waals surface area (Å²) in [6, 6.07) is 0. The molecule has 0 spiro atoms. The fourth-order valence-corrected chi connectivity index (χ4v) is 2.19. The average molecular weight is 131 g/mol. The van der Waals surface area contributed by atoms with Gasteiger partial charge < -0.3 is 5.73 Å². The molecule has 0 aromatic rings. The second kappa shape index (κ2) is 2.28. The third-order valence-electron chi connectivity index (χ3n) is 1.73. The van der Waals surface area contributed by atoms with E-state index in [0.717, 1.165) is 6.54 Å². The molecule has 1 saturated heterocycles. The van der Waals surface area contributed by atoms with Gasteiger partial charge in [0, 0.05) is 11.3 Å². The molecule has 48 valence electrons. The minimum Gasteiger partial charge on any atom is -0.329 e. The van der Waals surface area contributed by atoms with Crippen LogP contribution in [0.3, 0.4) is 0 Å². The third kappa shape index (κ3) is 1.17. The van der Waals surface area contributed by atoms with Gasteiger partial charge in [0.25, 0.3) is 0 Å². The molecule has 2 heteroatoms. The van der Waals surface area contributed by atoms with Crippen molar-refractivity contribution in [1.29, 1.82) is 0 Å². The fraction of sp³-hybridized carbons (Fsp3) is 1.00. The van der Waals surface area contributed by atoms with E-state index in [9.17, 15) is 0 Å². The summed E-state index contributed by atoms with van der Waals surface area (Å²) < 4.78 is 0.431. The number of nitrogens with two attached hydrogens (primary N) is 1. The smallest absolute Gasteiger partial charge is 0.0254 e. The standard InChI is InChI=1S/C6H13NS/c1-6(5-7)3-2-4-8-6/h2-5,7H2,1H3/t6-/m1/s1. The van der Waals surface area contributed by atoms with Gasteiger partial charge in [-0.25, -0.2) is 0 Å². The van der Waals surface area contributed by atoms with Crippen molar-refractivity contribution in [2.45, 2.75) is 24.5 Å². The molecule has 0 amide bonds. The summed E-state index contributed by atoms with van der Waals surface area (Å²) in [5.74, 6) is 1.31. The van der Waals surface area contributed by atoms with E-state index in [1.54, 1.807) is 0 Å². The summed E-state index contributed by atoms with van der Waals surface area (Å²) in [6.45, 7) is 3.10. The summed E-state index contributed by atoms with van der Waals surface area (Å²) in [7, 11) is 0. The lowest BCUT2D eigenvalue weighted by molar-refractivity contribution is 0.618. The Labute approximate surface area is 55.0 Å². The molecule has 2 N–H and O–H groups in total. The van der Waals surface area contributed by atoms with E-state index in [1.165, 1.54) is 18.6 Å². The second-order valence-electron chi connectivity index (χ2n) is 2.61. The molecule has 1 heterocycles. The maximum absolute atomic E-state index is 5.55. The zero-order valence-corrected chi connectivity index (χ0v) is 6.13. The van der Waals surface area contributed by atoms with E-state index < -0.39 is 0 Å². The Morgan fingerprint density at radius 2 is 2.50 bits per heavy atom. The van der Waals surface area contributed by atoms with Gasteiger partial charge in [0.1, 0.15) is 0 Å². The maximum atomic E-state index is 5.55. The zero-order chi connectivity index (χ0) is 6.04. The van der Waals surface area contributed by atoms with Crippen molar-refractivity contribution in [3.8, 4) is 0 Å². The van der Waals surface area contributed by atoms with E-state index in [0.29, 0.717) is 4.75 Å². The molecule has 0 radical (unpaired) electrons. The predicted molar refractivity (Wildman–Crippen MR) is 39.2 cm³/mol. The van der Waals surface area contributed by atoms with E-state index in [2.05, 4.69) is 6.92 Å². The molecule has 1 nitrogen and oxygen atoms in total. The van der Waals surface area contributed by atoms with Crippen LogP contribution in [0.4, 0.5) is 0 Å². The Hall–Kier alpha value is 0.310. The number of hydrogen-bond acceptors (Lipinski definition) is 2. The van der Waals surface area contributed by atoms with Gasteiger partial charge in [0.05, 0.1) is 0 Å². The summed E-state index contributed by atoms with van der Waals surface area (Å²) >= 11 is 2.02. The molecular formula is C6H13NS. The Morgan fingerprint density at radius 1 is 1.75 bits per heavy atom. The first-order valence-corrected chi connectivity index (χ1v) is 4.09. The van der Waals surface area contributed by atoms with Crippen molar-refractivity contribution < 1.29 is 0 Å². The van der Waals surface area contributed by atoms with Gasteiger partial charge in [-0.3, -0.25) is 0 Å². The lowest BCUT2D eigenvalue weighted by atomic mass is 10.1. The lowest BCUT2D eigenvalue weighted by Crippen LogP contribution is -2.27. The van der Waals surface area contributed by atoms with Crippen LogP contribution in [0.2, 0.25) is 0 Å². The third-order valence-corrected chi connectivity index (χ3v) is 3.29. The van der Waals surface area contributed by atoms with Crippen molar-refractivity contribution in [1.82, 2.24) is 0 Å². The normalized spacial score (nSPS) is 38.2. The summed E-state index contributed by atoms with van der Waals surface area (Å²) in [6.07, 6.45) is 2.67. The van der Waals surface area contributed by atoms with Crippen LogP contribution >= 0.6 is 11.8 Å². The Balaban J connectivity index is 2.40.